The van der Waals surface area contributed by atoms with Crippen LogP contribution in [0.3, 0.4) is 0 Å². The molecule has 2 aromatic heterocycles. The Balaban J connectivity index is 1.91. The van der Waals surface area contributed by atoms with E-state index in [1.165, 1.54) is 0 Å². The van der Waals surface area contributed by atoms with E-state index in [0.29, 0.717) is 11.4 Å². The van der Waals surface area contributed by atoms with Crippen molar-refractivity contribution < 1.29 is 9.47 Å². The number of aromatic amines is 1. The molecule has 0 aliphatic rings. The zero-order chi connectivity index (χ0) is 18.5. The van der Waals surface area contributed by atoms with E-state index < -0.39 is 0 Å². The largest absolute Gasteiger partial charge is 0.497 e. The number of aromatic nitrogens is 3. The highest BCUT2D eigenvalue weighted by Gasteiger charge is 2.08. The topological polar surface area (TPSA) is 60.0 Å². The van der Waals surface area contributed by atoms with Crippen LogP contribution in [0, 0.1) is 0 Å². The number of hydrogen-bond acceptors (Lipinski definition) is 4. The molecule has 1 N–H and O–H groups in total. The van der Waals surface area contributed by atoms with E-state index in [-0.39, 0.29) is 0 Å². The summed E-state index contributed by atoms with van der Waals surface area (Å²) >= 11 is 0. The minimum atomic E-state index is 0.600. The Morgan fingerprint density at radius 2 is 2.04 bits per heavy atom. The molecule has 3 rings (SSSR count). The molecule has 0 fully saturated rings. The molecular weight excluding hydrogens is 326 g/mol. The van der Waals surface area contributed by atoms with Gasteiger partial charge in [0.1, 0.15) is 17.3 Å². The van der Waals surface area contributed by atoms with Crippen molar-refractivity contribution in [1.82, 2.24) is 15.0 Å². The lowest BCUT2D eigenvalue weighted by molar-refractivity contribution is 0.309. The molecule has 0 amide bonds. The third-order valence-electron chi connectivity index (χ3n) is 4.00. The van der Waals surface area contributed by atoms with E-state index in [1.807, 2.05) is 55.6 Å². The van der Waals surface area contributed by atoms with E-state index in [9.17, 15) is 0 Å². The van der Waals surface area contributed by atoms with E-state index in [4.69, 9.17) is 9.47 Å². The van der Waals surface area contributed by atoms with Crippen molar-refractivity contribution >= 4 is 16.7 Å². The summed E-state index contributed by atoms with van der Waals surface area (Å²) in [6.07, 6.45) is 7.45. The third kappa shape index (κ3) is 3.83. The summed E-state index contributed by atoms with van der Waals surface area (Å²) in [5.74, 6) is 2.20. The quantitative estimate of drug-likeness (QED) is 0.516. The number of nitrogens with zero attached hydrogens (tertiary/aromatic N) is 2. The van der Waals surface area contributed by atoms with Crippen molar-refractivity contribution in [2.75, 3.05) is 14.2 Å². The van der Waals surface area contributed by atoms with Gasteiger partial charge < -0.3 is 14.5 Å². The monoisotopic (exact) mass is 347 g/mol. The molecule has 0 aliphatic heterocycles. The molecule has 5 nitrogen and oxygen atoms in total. The maximum absolute atomic E-state index is 5.29. The van der Waals surface area contributed by atoms with Crippen molar-refractivity contribution in [1.29, 1.82) is 0 Å². The zero-order valence-corrected chi connectivity index (χ0v) is 15.1. The molecular formula is C21H21N3O2. The first-order valence-corrected chi connectivity index (χ1v) is 8.19. The lowest BCUT2D eigenvalue weighted by atomic mass is 10.1. The Bertz CT molecular complexity index is 999. The van der Waals surface area contributed by atoms with Crippen LogP contribution in [0.5, 0.6) is 5.75 Å². The number of benzene rings is 1. The Morgan fingerprint density at radius 1 is 1.19 bits per heavy atom. The van der Waals surface area contributed by atoms with Crippen molar-refractivity contribution in [2.24, 2.45) is 0 Å². The summed E-state index contributed by atoms with van der Waals surface area (Å²) in [7, 11) is 3.25. The molecule has 132 valence electrons. The first-order chi connectivity index (χ1) is 12.6. The molecule has 3 aromatic rings. The van der Waals surface area contributed by atoms with Gasteiger partial charge in [-0.25, -0.2) is 9.97 Å². The van der Waals surface area contributed by atoms with Gasteiger partial charge in [-0.1, -0.05) is 30.9 Å². The molecule has 2 heterocycles. The van der Waals surface area contributed by atoms with Gasteiger partial charge in [0.15, 0.2) is 5.65 Å². The fraction of sp³-hybridized carbons (Fsp3) is 0.143. The van der Waals surface area contributed by atoms with Crippen LogP contribution in [0.2, 0.25) is 0 Å². The highest BCUT2D eigenvalue weighted by atomic mass is 16.5. The minimum Gasteiger partial charge on any atom is -0.497 e. The maximum Gasteiger partial charge on any atom is 0.178 e. The molecule has 0 saturated carbocycles. The minimum absolute atomic E-state index is 0.600. The molecule has 0 aliphatic carbocycles. The Kier molecular flexibility index (Phi) is 5.17. The van der Waals surface area contributed by atoms with Gasteiger partial charge in [-0.3, -0.25) is 0 Å². The highest BCUT2D eigenvalue weighted by Crippen LogP contribution is 2.26. The summed E-state index contributed by atoms with van der Waals surface area (Å²) in [4.78, 5) is 12.4. The van der Waals surface area contributed by atoms with E-state index in [2.05, 4.69) is 21.5 Å². The van der Waals surface area contributed by atoms with Gasteiger partial charge in [-0.2, -0.15) is 0 Å². The Labute approximate surface area is 152 Å². The van der Waals surface area contributed by atoms with Crippen LogP contribution in [0.15, 0.2) is 67.1 Å². The average molecular weight is 347 g/mol. The molecule has 26 heavy (non-hydrogen) atoms. The standard InChI is InChI=1S/C21H21N3O2/c1-14(7-5-8-15(2)25-3)20-23-19-12-17(13-22-21(19)24-20)16-9-6-10-18(11-16)26-4/h5-13H,2H2,1,3-4H3,(H,22,23,24)/b8-5-,14-7+. The first kappa shape index (κ1) is 17.5. The van der Waals surface area contributed by atoms with Gasteiger partial charge >= 0.3 is 0 Å². The second-order valence-electron chi connectivity index (χ2n) is 5.79. The molecule has 0 saturated heterocycles. The number of methoxy groups -OCH3 is 2. The number of H-pyrrole nitrogens is 1. The predicted molar refractivity (Wildman–Crippen MR) is 105 cm³/mol. The number of imidazole rings is 1. The van der Waals surface area contributed by atoms with Crippen LogP contribution in [0.25, 0.3) is 27.9 Å². The van der Waals surface area contributed by atoms with Gasteiger partial charge in [-0.15, -0.1) is 0 Å². The van der Waals surface area contributed by atoms with Crippen LogP contribution >= 0.6 is 0 Å². The smallest absolute Gasteiger partial charge is 0.178 e. The van der Waals surface area contributed by atoms with Crippen molar-refractivity contribution in [2.45, 2.75) is 6.92 Å². The number of hydrogen-bond donors (Lipinski definition) is 1. The molecule has 0 atom stereocenters. The lowest BCUT2D eigenvalue weighted by Crippen LogP contribution is -1.85. The second-order valence-corrected chi connectivity index (χ2v) is 5.79. The van der Waals surface area contributed by atoms with Crippen LogP contribution in [0.1, 0.15) is 12.7 Å². The van der Waals surface area contributed by atoms with Crippen LogP contribution < -0.4 is 4.74 Å². The van der Waals surface area contributed by atoms with Crippen LogP contribution in [-0.4, -0.2) is 29.2 Å². The number of allylic oxidation sites excluding steroid dienone is 4. The number of rotatable bonds is 6. The third-order valence-corrected chi connectivity index (χ3v) is 4.00. The van der Waals surface area contributed by atoms with Gasteiger partial charge in [0.25, 0.3) is 0 Å². The number of pyridine rings is 1. The molecule has 0 unspecified atom stereocenters. The van der Waals surface area contributed by atoms with Crippen molar-refractivity contribution in [3.63, 3.8) is 0 Å². The summed E-state index contributed by atoms with van der Waals surface area (Å²) in [5, 5.41) is 0. The molecule has 0 radical (unpaired) electrons. The van der Waals surface area contributed by atoms with Crippen molar-refractivity contribution in [3.05, 3.63) is 72.9 Å². The van der Waals surface area contributed by atoms with Gasteiger partial charge in [-0.05, 0) is 42.3 Å². The molecule has 0 bridgehead atoms. The Morgan fingerprint density at radius 3 is 2.81 bits per heavy atom. The Hall–Kier alpha value is -3.34. The van der Waals surface area contributed by atoms with E-state index in [1.54, 1.807) is 20.3 Å². The van der Waals surface area contributed by atoms with Gasteiger partial charge in [0, 0.05) is 11.8 Å². The van der Waals surface area contributed by atoms with E-state index in [0.717, 1.165) is 33.8 Å². The molecule has 0 spiro atoms. The summed E-state index contributed by atoms with van der Waals surface area (Å²) in [5.41, 5.74) is 4.61. The summed E-state index contributed by atoms with van der Waals surface area (Å²) in [6.45, 7) is 5.73. The summed E-state index contributed by atoms with van der Waals surface area (Å²) < 4.78 is 10.3. The first-order valence-electron chi connectivity index (χ1n) is 8.19. The maximum atomic E-state index is 5.29. The second kappa shape index (κ2) is 7.70. The lowest BCUT2D eigenvalue weighted by Gasteiger charge is -2.04. The van der Waals surface area contributed by atoms with Crippen LogP contribution in [0.4, 0.5) is 0 Å². The number of nitrogens with one attached hydrogen (secondary N) is 1. The fourth-order valence-corrected chi connectivity index (χ4v) is 2.49. The number of ether oxygens (including phenoxy) is 2. The summed E-state index contributed by atoms with van der Waals surface area (Å²) in [6, 6.07) is 9.94. The van der Waals surface area contributed by atoms with Gasteiger partial charge in [0.05, 0.1) is 19.7 Å². The highest BCUT2D eigenvalue weighted by molar-refractivity contribution is 5.80. The molecule has 1 aromatic carbocycles. The SMILES string of the molecule is C=C(/C=C\C=C(/C)c1nc2ncc(-c3cccc(OC)c3)cc2[nH]1)OC. The number of fused-ring (bicyclic) bond motifs is 1. The van der Waals surface area contributed by atoms with E-state index >= 15 is 0 Å². The zero-order valence-electron chi connectivity index (χ0n) is 15.1. The fourth-order valence-electron chi connectivity index (χ4n) is 2.49. The average Bonchev–Trinajstić information content (AvgIpc) is 3.11. The van der Waals surface area contributed by atoms with Crippen molar-refractivity contribution in [3.8, 4) is 16.9 Å². The normalized spacial score (nSPS) is 11.9. The van der Waals surface area contributed by atoms with Crippen LogP contribution in [-0.2, 0) is 4.74 Å². The predicted octanol–water partition coefficient (Wildman–Crippen LogP) is 4.75. The molecule has 5 heteroatoms. The van der Waals surface area contributed by atoms with Gasteiger partial charge in [0.2, 0.25) is 0 Å².